The Morgan fingerprint density at radius 2 is 1.89 bits per heavy atom. The van der Waals surface area contributed by atoms with E-state index in [0.29, 0.717) is 47.7 Å². The second kappa shape index (κ2) is 9.61. The van der Waals surface area contributed by atoms with Crippen LogP contribution in [0.25, 0.3) is 0 Å². The molecule has 0 radical (unpaired) electrons. The summed E-state index contributed by atoms with van der Waals surface area (Å²) in [5.74, 6) is 0. The van der Waals surface area contributed by atoms with Gasteiger partial charge in [-0.1, -0.05) is 48.9 Å². The molecule has 1 heterocycles. The van der Waals surface area contributed by atoms with E-state index < -0.39 is 6.17 Å². The number of alkyl halides is 1. The number of amides is 1. The minimum absolute atomic E-state index is 0.266. The minimum Gasteiger partial charge on any atom is -0.445 e. The van der Waals surface area contributed by atoms with Crippen LogP contribution in [0.4, 0.5) is 14.9 Å². The molecule has 2 aromatic rings. The van der Waals surface area contributed by atoms with E-state index in [4.69, 9.17) is 16.3 Å². The van der Waals surface area contributed by atoms with Gasteiger partial charge in [-0.15, -0.1) is 0 Å². The molecule has 0 bridgehead atoms. The van der Waals surface area contributed by atoms with E-state index in [1.165, 1.54) is 0 Å². The van der Waals surface area contributed by atoms with E-state index >= 15 is 0 Å². The molecule has 1 aliphatic rings. The molecule has 1 fully saturated rings. The lowest BCUT2D eigenvalue weighted by molar-refractivity contribution is 0.0942. The summed E-state index contributed by atoms with van der Waals surface area (Å²) in [6.45, 7) is 4.46. The van der Waals surface area contributed by atoms with Gasteiger partial charge in [0.25, 0.3) is 0 Å². The van der Waals surface area contributed by atoms with E-state index in [-0.39, 0.29) is 12.7 Å². The van der Waals surface area contributed by atoms with Crippen LogP contribution in [0.15, 0.2) is 46.9 Å². The van der Waals surface area contributed by atoms with Crippen LogP contribution in [0.3, 0.4) is 0 Å². The Kier molecular flexibility index (Phi) is 7.18. The molecule has 2 aromatic carbocycles. The lowest BCUT2D eigenvalue weighted by atomic mass is 10.1. The molecule has 150 valence electrons. The summed E-state index contributed by atoms with van der Waals surface area (Å²) < 4.78 is 20.3. The molecule has 4 nitrogen and oxygen atoms in total. The predicted molar refractivity (Wildman–Crippen MR) is 114 cm³/mol. The largest absolute Gasteiger partial charge is 0.445 e. The minimum atomic E-state index is -1.10. The maximum atomic E-state index is 14.3. The summed E-state index contributed by atoms with van der Waals surface area (Å²) in [5, 5.41) is 0.418. The Hall–Kier alpha value is -1.79. The molecule has 1 aliphatic heterocycles. The molecular weight excluding hydrogens is 447 g/mol. The maximum absolute atomic E-state index is 14.3. The first-order valence-electron chi connectivity index (χ1n) is 9.33. The number of carbonyl (C=O) groups is 1. The van der Waals surface area contributed by atoms with E-state index in [9.17, 15) is 9.18 Å². The number of hydrogen-bond donors (Lipinski definition) is 0. The Balaban J connectivity index is 1.59. The SMILES string of the molecule is CCC(F)c1cc(N2CCN(C(=O)OCc3ccccc3)CC2)cc(Br)c1Cl. The zero-order valence-corrected chi connectivity index (χ0v) is 18.0. The Morgan fingerprint density at radius 1 is 1.21 bits per heavy atom. The van der Waals surface area contributed by atoms with Gasteiger partial charge < -0.3 is 14.5 Å². The second-order valence-corrected chi connectivity index (χ2v) is 7.95. The molecule has 3 rings (SSSR count). The van der Waals surface area contributed by atoms with Gasteiger partial charge in [0.05, 0.1) is 5.02 Å². The number of halogens is 3. The third kappa shape index (κ3) is 4.97. The second-order valence-electron chi connectivity index (χ2n) is 6.72. The van der Waals surface area contributed by atoms with E-state index in [2.05, 4.69) is 20.8 Å². The van der Waals surface area contributed by atoms with Crippen molar-refractivity contribution in [2.24, 2.45) is 0 Å². The molecule has 0 N–H and O–H groups in total. The van der Waals surface area contributed by atoms with Gasteiger partial charge in [-0.25, -0.2) is 9.18 Å². The lowest BCUT2D eigenvalue weighted by Crippen LogP contribution is -2.49. The lowest BCUT2D eigenvalue weighted by Gasteiger charge is -2.36. The van der Waals surface area contributed by atoms with Crippen molar-refractivity contribution in [3.8, 4) is 0 Å². The van der Waals surface area contributed by atoms with Crippen molar-refractivity contribution in [3.05, 3.63) is 63.1 Å². The normalized spacial score (nSPS) is 15.4. The molecule has 7 heteroatoms. The molecule has 1 unspecified atom stereocenters. The molecule has 1 saturated heterocycles. The highest BCUT2D eigenvalue weighted by Crippen LogP contribution is 2.37. The molecule has 0 spiro atoms. The molecule has 0 aromatic heterocycles. The summed E-state index contributed by atoms with van der Waals surface area (Å²) in [4.78, 5) is 16.1. The number of ether oxygens (including phenoxy) is 1. The first-order chi connectivity index (χ1) is 13.5. The van der Waals surface area contributed by atoms with Gasteiger partial charge in [-0.2, -0.15) is 0 Å². The predicted octanol–water partition coefficient (Wildman–Crippen LogP) is 5.98. The van der Waals surface area contributed by atoms with Crippen LogP contribution in [0, 0.1) is 0 Å². The highest BCUT2D eigenvalue weighted by molar-refractivity contribution is 9.10. The summed E-state index contributed by atoms with van der Waals surface area (Å²) in [6, 6.07) is 13.3. The Labute approximate surface area is 178 Å². The maximum Gasteiger partial charge on any atom is 0.410 e. The van der Waals surface area contributed by atoms with E-state index in [1.54, 1.807) is 11.8 Å². The Morgan fingerprint density at radius 3 is 2.54 bits per heavy atom. The fourth-order valence-corrected chi connectivity index (χ4v) is 3.87. The van der Waals surface area contributed by atoms with Crippen LogP contribution in [-0.4, -0.2) is 37.2 Å². The summed E-state index contributed by atoms with van der Waals surface area (Å²) in [5.41, 5.74) is 2.36. The third-order valence-electron chi connectivity index (χ3n) is 4.85. The Bertz CT molecular complexity index is 814. The van der Waals surface area contributed by atoms with Crippen molar-refractivity contribution in [1.29, 1.82) is 0 Å². The average molecular weight is 470 g/mol. The van der Waals surface area contributed by atoms with E-state index in [1.807, 2.05) is 42.5 Å². The molecule has 0 saturated carbocycles. The monoisotopic (exact) mass is 468 g/mol. The van der Waals surface area contributed by atoms with Crippen LogP contribution in [0.2, 0.25) is 5.02 Å². The number of rotatable bonds is 5. The smallest absolute Gasteiger partial charge is 0.410 e. The number of piperazine rings is 1. The summed E-state index contributed by atoms with van der Waals surface area (Å²) in [7, 11) is 0. The van der Waals surface area contributed by atoms with Gasteiger partial charge in [0.15, 0.2) is 0 Å². The summed E-state index contributed by atoms with van der Waals surface area (Å²) in [6.07, 6.45) is -1.04. The number of carbonyl (C=O) groups excluding carboxylic acids is 1. The zero-order chi connectivity index (χ0) is 20.1. The first kappa shape index (κ1) is 20.9. The van der Waals surface area contributed by atoms with Crippen LogP contribution in [0.5, 0.6) is 0 Å². The van der Waals surface area contributed by atoms with Crippen LogP contribution < -0.4 is 4.90 Å². The fraction of sp³-hybridized carbons (Fsp3) is 0.381. The summed E-state index contributed by atoms with van der Waals surface area (Å²) >= 11 is 9.68. The molecular formula is C21H23BrClFN2O2. The van der Waals surface area contributed by atoms with Crippen molar-refractivity contribution in [3.63, 3.8) is 0 Å². The van der Waals surface area contributed by atoms with Crippen LogP contribution in [-0.2, 0) is 11.3 Å². The quantitative estimate of drug-likeness (QED) is 0.540. The number of anilines is 1. The van der Waals surface area contributed by atoms with Gasteiger partial charge in [0, 0.05) is 41.9 Å². The van der Waals surface area contributed by atoms with Gasteiger partial charge in [0.1, 0.15) is 12.8 Å². The van der Waals surface area contributed by atoms with Gasteiger partial charge in [-0.05, 0) is 40.0 Å². The van der Waals surface area contributed by atoms with Crippen molar-refractivity contribution in [1.82, 2.24) is 4.90 Å². The number of nitrogens with zero attached hydrogens (tertiary/aromatic N) is 2. The zero-order valence-electron chi connectivity index (χ0n) is 15.7. The molecule has 28 heavy (non-hydrogen) atoms. The standard InChI is InChI=1S/C21H23BrClFN2O2/c1-2-19(24)17-12-16(13-18(22)20(17)23)25-8-10-26(11-9-25)21(27)28-14-15-6-4-3-5-7-15/h3-7,12-13,19H,2,8-11,14H2,1H3. The van der Waals surface area contributed by atoms with Crippen molar-refractivity contribution in [2.75, 3.05) is 31.1 Å². The van der Waals surface area contributed by atoms with Gasteiger partial charge >= 0.3 is 6.09 Å². The van der Waals surface area contributed by atoms with Crippen molar-refractivity contribution in [2.45, 2.75) is 26.1 Å². The van der Waals surface area contributed by atoms with Crippen LogP contribution >= 0.6 is 27.5 Å². The highest BCUT2D eigenvalue weighted by Gasteiger charge is 2.24. The first-order valence-corrected chi connectivity index (χ1v) is 10.5. The van der Waals surface area contributed by atoms with Crippen molar-refractivity contribution >= 4 is 39.3 Å². The average Bonchev–Trinajstić information content (AvgIpc) is 2.74. The van der Waals surface area contributed by atoms with E-state index in [0.717, 1.165) is 11.3 Å². The molecule has 1 amide bonds. The fourth-order valence-electron chi connectivity index (χ4n) is 3.18. The number of hydrogen-bond acceptors (Lipinski definition) is 3. The molecule has 1 atom stereocenters. The molecule has 0 aliphatic carbocycles. The highest BCUT2D eigenvalue weighted by atomic mass is 79.9. The topological polar surface area (TPSA) is 32.8 Å². The number of benzene rings is 2. The van der Waals surface area contributed by atoms with Crippen molar-refractivity contribution < 1.29 is 13.9 Å². The van der Waals surface area contributed by atoms with Crippen LogP contribution in [0.1, 0.15) is 30.6 Å². The van der Waals surface area contributed by atoms with Gasteiger partial charge in [0.2, 0.25) is 0 Å². The van der Waals surface area contributed by atoms with Gasteiger partial charge in [-0.3, -0.25) is 0 Å². The third-order valence-corrected chi connectivity index (χ3v) is 6.12.